The van der Waals surface area contributed by atoms with Crippen LogP contribution in [0, 0.1) is 0 Å². The molecule has 2 heteroatoms. The van der Waals surface area contributed by atoms with Crippen LogP contribution in [0.15, 0.2) is 12.4 Å². The number of rotatable bonds is 1. The van der Waals surface area contributed by atoms with Crippen molar-refractivity contribution < 1.29 is 4.39 Å². The summed E-state index contributed by atoms with van der Waals surface area (Å²) in [4.78, 5) is 0. The van der Waals surface area contributed by atoms with E-state index in [0.29, 0.717) is 0 Å². The third-order valence-electron chi connectivity index (χ3n) is 0.172. The van der Waals surface area contributed by atoms with Gasteiger partial charge in [0.05, 0.1) is 0 Å². The second-order valence-electron chi connectivity index (χ2n) is 0.675. The molecule has 0 saturated carbocycles. The summed E-state index contributed by atoms with van der Waals surface area (Å²) in [5.41, 5.74) is 0. The fraction of sp³-hybridized carbons (Fsp3) is 0.333. The number of hydrogen-bond acceptors (Lipinski definition) is 1. The van der Waals surface area contributed by atoms with Gasteiger partial charge < -0.3 is 0 Å². The summed E-state index contributed by atoms with van der Waals surface area (Å²) >= 11 is 3.54. The maximum absolute atomic E-state index is 11.2. The lowest BCUT2D eigenvalue weighted by atomic mass is 10.7. The van der Waals surface area contributed by atoms with Crippen LogP contribution in [-0.4, -0.2) is 5.75 Å². The van der Waals surface area contributed by atoms with Gasteiger partial charge in [0, 0.05) is 5.75 Å². The van der Waals surface area contributed by atoms with Crippen LogP contribution in [0.25, 0.3) is 0 Å². The van der Waals surface area contributed by atoms with Crippen molar-refractivity contribution in [1.82, 2.24) is 0 Å². The molecule has 0 nitrogen and oxygen atoms in total. The number of thiol groups is 1. The van der Waals surface area contributed by atoms with E-state index in [2.05, 4.69) is 19.2 Å². The predicted molar refractivity (Wildman–Crippen MR) is 24.1 cm³/mol. The molecule has 0 spiro atoms. The minimum absolute atomic E-state index is 0.139. The van der Waals surface area contributed by atoms with Gasteiger partial charge in [-0.2, -0.15) is 12.6 Å². The summed E-state index contributed by atoms with van der Waals surface area (Å²) in [5.74, 6) is -0.242. The Kier molecular flexibility index (Phi) is 2.28. The average Bonchev–Trinajstić information content (AvgIpc) is 1.38. The highest BCUT2D eigenvalue weighted by molar-refractivity contribution is 7.80. The average molecular weight is 92.1 g/mol. The molecule has 0 aliphatic carbocycles. The van der Waals surface area contributed by atoms with Crippen molar-refractivity contribution in [3.63, 3.8) is 0 Å². The molecule has 0 bridgehead atoms. The minimum atomic E-state index is -0.381. The van der Waals surface area contributed by atoms with Gasteiger partial charge >= 0.3 is 0 Å². The monoisotopic (exact) mass is 92.0 g/mol. The van der Waals surface area contributed by atoms with Crippen molar-refractivity contribution in [1.29, 1.82) is 0 Å². The standard InChI is InChI=1S/C3H5FS/c1-3(4)2-5/h5H,1-2H2. The normalized spacial score (nSPS) is 7.60. The fourth-order valence-corrected chi connectivity index (χ4v) is 0. The number of halogens is 1. The van der Waals surface area contributed by atoms with E-state index in [1.165, 1.54) is 0 Å². The molecule has 0 saturated heterocycles. The van der Waals surface area contributed by atoms with Crippen LogP contribution in [0.1, 0.15) is 0 Å². The highest BCUT2D eigenvalue weighted by Gasteiger charge is 1.74. The molecule has 0 atom stereocenters. The summed E-state index contributed by atoms with van der Waals surface area (Å²) in [7, 11) is 0. The predicted octanol–water partition coefficient (Wildman–Crippen LogP) is 1.40. The Bertz CT molecular complexity index is 42.2. The van der Waals surface area contributed by atoms with Gasteiger partial charge in [-0.25, -0.2) is 4.39 Å². The van der Waals surface area contributed by atoms with E-state index in [-0.39, 0.29) is 11.6 Å². The smallest absolute Gasteiger partial charge is 0.102 e. The molecule has 0 aromatic rings. The second kappa shape index (κ2) is 2.27. The molecule has 30 valence electrons. The van der Waals surface area contributed by atoms with E-state index < -0.39 is 0 Å². The first-order valence-electron chi connectivity index (χ1n) is 1.21. The van der Waals surface area contributed by atoms with Crippen LogP contribution in [0.5, 0.6) is 0 Å². The van der Waals surface area contributed by atoms with E-state index in [0.717, 1.165) is 0 Å². The van der Waals surface area contributed by atoms with Gasteiger partial charge in [0.15, 0.2) is 0 Å². The van der Waals surface area contributed by atoms with Gasteiger partial charge in [0.1, 0.15) is 5.83 Å². The van der Waals surface area contributed by atoms with Gasteiger partial charge in [0.2, 0.25) is 0 Å². The molecular weight excluding hydrogens is 87.1 g/mol. The van der Waals surface area contributed by atoms with E-state index >= 15 is 0 Å². The largest absolute Gasteiger partial charge is 0.212 e. The highest BCUT2D eigenvalue weighted by atomic mass is 32.1. The van der Waals surface area contributed by atoms with E-state index in [1.807, 2.05) is 0 Å². The maximum Gasteiger partial charge on any atom is 0.102 e. The molecule has 0 N–H and O–H groups in total. The third-order valence-corrected chi connectivity index (χ3v) is 0.515. The summed E-state index contributed by atoms with van der Waals surface area (Å²) in [6.07, 6.45) is 0. The summed E-state index contributed by atoms with van der Waals surface area (Å²) in [5, 5.41) is 0. The van der Waals surface area contributed by atoms with Crippen LogP contribution in [0.4, 0.5) is 4.39 Å². The van der Waals surface area contributed by atoms with Gasteiger partial charge in [0.25, 0.3) is 0 Å². The molecular formula is C3H5FS. The molecule has 5 heavy (non-hydrogen) atoms. The van der Waals surface area contributed by atoms with Gasteiger partial charge in [-0.15, -0.1) is 0 Å². The molecule has 0 aliphatic heterocycles. The Balaban J connectivity index is 2.85. The minimum Gasteiger partial charge on any atom is -0.212 e. The fourth-order valence-electron chi connectivity index (χ4n) is 0. The quantitative estimate of drug-likeness (QED) is 0.464. The zero-order chi connectivity index (χ0) is 4.28. The van der Waals surface area contributed by atoms with E-state index in [4.69, 9.17) is 0 Å². The van der Waals surface area contributed by atoms with Gasteiger partial charge in [-0.1, -0.05) is 6.58 Å². The topological polar surface area (TPSA) is 0 Å². The molecule has 0 aromatic heterocycles. The lowest BCUT2D eigenvalue weighted by Gasteiger charge is -1.73. The summed E-state index contributed by atoms with van der Waals surface area (Å²) in [6, 6.07) is 0. The van der Waals surface area contributed by atoms with Crippen molar-refractivity contribution in [3.8, 4) is 0 Å². The van der Waals surface area contributed by atoms with E-state index in [9.17, 15) is 4.39 Å². The van der Waals surface area contributed by atoms with Crippen LogP contribution >= 0.6 is 12.6 Å². The zero-order valence-corrected chi connectivity index (χ0v) is 3.63. The van der Waals surface area contributed by atoms with Crippen molar-refractivity contribution in [2.45, 2.75) is 0 Å². The highest BCUT2D eigenvalue weighted by Crippen LogP contribution is 1.90. The Morgan fingerprint density at radius 1 is 2.00 bits per heavy atom. The summed E-state index contributed by atoms with van der Waals surface area (Å²) < 4.78 is 11.2. The van der Waals surface area contributed by atoms with Crippen molar-refractivity contribution in [2.24, 2.45) is 0 Å². The molecule has 0 aliphatic rings. The Labute approximate surface area is 36.1 Å². The Hall–Kier alpha value is 0.0200. The van der Waals surface area contributed by atoms with Crippen LogP contribution in [-0.2, 0) is 0 Å². The molecule has 0 unspecified atom stereocenters. The van der Waals surface area contributed by atoms with Crippen LogP contribution in [0.3, 0.4) is 0 Å². The maximum atomic E-state index is 11.2. The van der Waals surface area contributed by atoms with E-state index in [1.54, 1.807) is 0 Å². The third kappa shape index (κ3) is 4.02. The first-order chi connectivity index (χ1) is 2.27. The summed E-state index contributed by atoms with van der Waals surface area (Å²) in [6.45, 7) is 2.93. The van der Waals surface area contributed by atoms with Crippen molar-refractivity contribution in [2.75, 3.05) is 5.75 Å². The molecule has 0 radical (unpaired) electrons. The molecule has 0 heterocycles. The SMILES string of the molecule is C=C(F)CS. The molecule has 0 aromatic carbocycles. The molecule has 0 amide bonds. The molecule has 0 rings (SSSR count). The lowest BCUT2D eigenvalue weighted by Crippen LogP contribution is -1.63. The molecule has 0 fully saturated rings. The lowest BCUT2D eigenvalue weighted by molar-refractivity contribution is 0.650. The van der Waals surface area contributed by atoms with Gasteiger partial charge in [-0.05, 0) is 0 Å². The van der Waals surface area contributed by atoms with Crippen molar-refractivity contribution in [3.05, 3.63) is 12.4 Å². The Morgan fingerprint density at radius 2 is 2.20 bits per heavy atom. The zero-order valence-electron chi connectivity index (χ0n) is 2.74. The van der Waals surface area contributed by atoms with Gasteiger partial charge in [-0.3, -0.25) is 0 Å². The van der Waals surface area contributed by atoms with Crippen molar-refractivity contribution >= 4 is 12.6 Å². The first-order valence-corrected chi connectivity index (χ1v) is 1.84. The second-order valence-corrected chi connectivity index (χ2v) is 0.992. The Morgan fingerprint density at radius 3 is 2.20 bits per heavy atom. The number of hydrogen-bond donors (Lipinski definition) is 1. The van der Waals surface area contributed by atoms with Crippen LogP contribution in [0.2, 0.25) is 0 Å². The van der Waals surface area contributed by atoms with Crippen LogP contribution < -0.4 is 0 Å². The first kappa shape index (κ1) is 5.02.